The van der Waals surface area contributed by atoms with Crippen molar-refractivity contribution in [2.45, 2.75) is 38.3 Å². The van der Waals surface area contributed by atoms with Gasteiger partial charge in [-0.3, -0.25) is 4.79 Å². The monoisotopic (exact) mass is 243 g/mol. The van der Waals surface area contributed by atoms with E-state index in [4.69, 9.17) is 16.2 Å². The van der Waals surface area contributed by atoms with Crippen LogP contribution in [0.1, 0.15) is 26.7 Å². The summed E-state index contributed by atoms with van der Waals surface area (Å²) in [6.45, 7) is 6.64. The maximum absolute atomic E-state index is 11.1. The Labute approximate surface area is 103 Å². The van der Waals surface area contributed by atoms with Crippen molar-refractivity contribution in [3.63, 3.8) is 0 Å². The van der Waals surface area contributed by atoms with E-state index in [9.17, 15) is 4.79 Å². The number of carbonyl (C=O) groups is 1. The van der Waals surface area contributed by atoms with E-state index in [1.807, 2.05) is 0 Å². The number of piperidine rings is 1. The molecule has 1 heterocycles. The third-order valence-corrected chi connectivity index (χ3v) is 3.79. The molecule has 1 aliphatic heterocycles. The summed E-state index contributed by atoms with van der Waals surface area (Å²) >= 11 is 0. The average molecular weight is 243 g/mol. The molecule has 1 aliphatic rings. The molecular formula is C12H25N3O2. The van der Waals surface area contributed by atoms with E-state index in [0.29, 0.717) is 12.3 Å². The average Bonchev–Trinajstić information content (AvgIpc) is 2.28. The summed E-state index contributed by atoms with van der Waals surface area (Å²) in [5, 5.41) is 0. The molecule has 1 saturated heterocycles. The van der Waals surface area contributed by atoms with Crippen LogP contribution in [0.4, 0.5) is 0 Å². The van der Waals surface area contributed by atoms with Gasteiger partial charge in [-0.05, 0) is 32.2 Å². The molecule has 1 amide bonds. The number of rotatable bonds is 5. The second kappa shape index (κ2) is 5.80. The van der Waals surface area contributed by atoms with E-state index in [-0.39, 0.29) is 6.10 Å². The molecule has 0 radical (unpaired) electrons. The van der Waals surface area contributed by atoms with Gasteiger partial charge < -0.3 is 21.1 Å². The molecule has 0 aromatic rings. The van der Waals surface area contributed by atoms with Crippen LogP contribution in [0.5, 0.6) is 0 Å². The Morgan fingerprint density at radius 1 is 1.59 bits per heavy atom. The highest BCUT2D eigenvalue weighted by atomic mass is 16.5. The minimum atomic E-state index is -0.911. The summed E-state index contributed by atoms with van der Waals surface area (Å²) < 4.78 is 5.45. The van der Waals surface area contributed by atoms with E-state index in [2.05, 4.69) is 11.8 Å². The Hall–Kier alpha value is -0.650. The fourth-order valence-corrected chi connectivity index (χ4v) is 2.12. The van der Waals surface area contributed by atoms with Gasteiger partial charge in [0.1, 0.15) is 0 Å². The minimum Gasteiger partial charge on any atom is -0.380 e. The van der Waals surface area contributed by atoms with Crippen LogP contribution in [0.25, 0.3) is 0 Å². The largest absolute Gasteiger partial charge is 0.380 e. The first kappa shape index (κ1) is 14.4. The van der Waals surface area contributed by atoms with Gasteiger partial charge in [0, 0.05) is 20.2 Å². The summed E-state index contributed by atoms with van der Waals surface area (Å²) in [6, 6.07) is 0. The highest BCUT2D eigenvalue weighted by molar-refractivity contribution is 5.83. The Morgan fingerprint density at radius 2 is 2.24 bits per heavy atom. The summed E-state index contributed by atoms with van der Waals surface area (Å²) in [7, 11) is 1.75. The summed E-state index contributed by atoms with van der Waals surface area (Å²) in [5.41, 5.74) is 10.2. The molecule has 0 bridgehead atoms. The quantitative estimate of drug-likeness (QED) is 0.708. The van der Waals surface area contributed by atoms with Gasteiger partial charge in [-0.2, -0.15) is 0 Å². The summed E-state index contributed by atoms with van der Waals surface area (Å²) in [5.74, 6) is 0.155. The maximum atomic E-state index is 11.1. The van der Waals surface area contributed by atoms with E-state index >= 15 is 0 Å². The molecule has 5 heteroatoms. The standard InChI is InChI=1S/C12H25N3O2/c1-9-4-6-15(8-10(9)17-3)7-5-12(2,14)11(13)16/h9-10H,4-8,14H2,1-3H3,(H2,13,16). The number of ether oxygens (including phenoxy) is 1. The van der Waals surface area contributed by atoms with Gasteiger partial charge in [0.05, 0.1) is 11.6 Å². The van der Waals surface area contributed by atoms with Crippen molar-refractivity contribution in [2.75, 3.05) is 26.7 Å². The zero-order valence-electron chi connectivity index (χ0n) is 11.1. The number of nitrogens with zero attached hydrogens (tertiary/aromatic N) is 1. The molecule has 3 atom stereocenters. The van der Waals surface area contributed by atoms with Crippen LogP contribution in [-0.2, 0) is 9.53 Å². The van der Waals surface area contributed by atoms with Gasteiger partial charge >= 0.3 is 0 Å². The van der Waals surface area contributed by atoms with Crippen LogP contribution >= 0.6 is 0 Å². The Morgan fingerprint density at radius 3 is 2.76 bits per heavy atom. The van der Waals surface area contributed by atoms with Crippen molar-refractivity contribution in [1.29, 1.82) is 0 Å². The Balaban J connectivity index is 2.41. The van der Waals surface area contributed by atoms with Crippen molar-refractivity contribution in [2.24, 2.45) is 17.4 Å². The van der Waals surface area contributed by atoms with E-state index in [1.165, 1.54) is 0 Å². The number of carbonyl (C=O) groups excluding carboxylic acids is 1. The SMILES string of the molecule is COC1CN(CCC(C)(N)C(N)=O)CCC1C. The molecular weight excluding hydrogens is 218 g/mol. The van der Waals surface area contributed by atoms with Crippen LogP contribution < -0.4 is 11.5 Å². The number of hydrogen-bond donors (Lipinski definition) is 2. The number of nitrogens with two attached hydrogens (primary N) is 2. The van der Waals surface area contributed by atoms with E-state index in [0.717, 1.165) is 26.1 Å². The van der Waals surface area contributed by atoms with Gasteiger partial charge in [0.2, 0.25) is 5.91 Å². The molecule has 5 nitrogen and oxygen atoms in total. The molecule has 0 aromatic heterocycles. The lowest BCUT2D eigenvalue weighted by molar-refractivity contribution is -0.123. The summed E-state index contributed by atoms with van der Waals surface area (Å²) in [6.07, 6.45) is 1.99. The van der Waals surface area contributed by atoms with Crippen molar-refractivity contribution < 1.29 is 9.53 Å². The second-order valence-corrected chi connectivity index (χ2v) is 5.37. The topological polar surface area (TPSA) is 81.6 Å². The second-order valence-electron chi connectivity index (χ2n) is 5.37. The predicted octanol–water partition coefficient (Wildman–Crippen LogP) is -0.0640. The lowest BCUT2D eigenvalue weighted by atomic mass is 9.94. The number of hydrogen-bond acceptors (Lipinski definition) is 4. The van der Waals surface area contributed by atoms with Gasteiger partial charge in [0.25, 0.3) is 0 Å². The van der Waals surface area contributed by atoms with E-state index < -0.39 is 11.4 Å². The lowest BCUT2D eigenvalue weighted by Gasteiger charge is -2.37. The van der Waals surface area contributed by atoms with Crippen LogP contribution in [0.2, 0.25) is 0 Å². The van der Waals surface area contributed by atoms with Gasteiger partial charge in [-0.25, -0.2) is 0 Å². The van der Waals surface area contributed by atoms with Gasteiger partial charge in [-0.15, -0.1) is 0 Å². The molecule has 3 unspecified atom stereocenters. The number of methoxy groups -OCH3 is 1. The highest BCUT2D eigenvalue weighted by Crippen LogP contribution is 2.20. The molecule has 0 aromatic carbocycles. The first-order chi connectivity index (χ1) is 7.86. The van der Waals surface area contributed by atoms with Crippen LogP contribution in [0.3, 0.4) is 0 Å². The predicted molar refractivity (Wildman–Crippen MR) is 67.4 cm³/mol. The number of likely N-dealkylation sites (tertiary alicyclic amines) is 1. The van der Waals surface area contributed by atoms with E-state index in [1.54, 1.807) is 14.0 Å². The van der Waals surface area contributed by atoms with Crippen LogP contribution in [-0.4, -0.2) is 49.2 Å². The first-order valence-corrected chi connectivity index (χ1v) is 6.20. The van der Waals surface area contributed by atoms with Crippen molar-refractivity contribution >= 4 is 5.91 Å². The lowest BCUT2D eigenvalue weighted by Crippen LogP contribution is -2.52. The molecule has 1 fully saturated rings. The highest BCUT2D eigenvalue weighted by Gasteiger charge is 2.29. The molecule has 4 N–H and O–H groups in total. The maximum Gasteiger partial charge on any atom is 0.237 e. The van der Waals surface area contributed by atoms with Crippen molar-refractivity contribution in [1.82, 2.24) is 4.90 Å². The third-order valence-electron chi connectivity index (χ3n) is 3.79. The van der Waals surface area contributed by atoms with Gasteiger partial charge in [-0.1, -0.05) is 6.92 Å². The molecule has 17 heavy (non-hydrogen) atoms. The Bertz CT molecular complexity index is 268. The fraction of sp³-hybridized carbons (Fsp3) is 0.917. The number of primary amides is 1. The van der Waals surface area contributed by atoms with Crippen LogP contribution in [0, 0.1) is 5.92 Å². The van der Waals surface area contributed by atoms with Crippen LogP contribution in [0.15, 0.2) is 0 Å². The molecule has 0 spiro atoms. The smallest absolute Gasteiger partial charge is 0.237 e. The molecule has 100 valence electrons. The number of amides is 1. The molecule has 1 rings (SSSR count). The zero-order chi connectivity index (χ0) is 13.1. The normalized spacial score (nSPS) is 29.9. The molecule has 0 aliphatic carbocycles. The fourth-order valence-electron chi connectivity index (χ4n) is 2.12. The van der Waals surface area contributed by atoms with Gasteiger partial charge in [0.15, 0.2) is 0 Å². The Kier molecular flexibility index (Phi) is 4.91. The summed E-state index contributed by atoms with van der Waals surface area (Å²) in [4.78, 5) is 13.4. The minimum absolute atomic E-state index is 0.279. The third kappa shape index (κ3) is 3.94. The zero-order valence-corrected chi connectivity index (χ0v) is 11.1. The first-order valence-electron chi connectivity index (χ1n) is 6.20. The van der Waals surface area contributed by atoms with Crippen molar-refractivity contribution in [3.05, 3.63) is 0 Å². The van der Waals surface area contributed by atoms with Crippen molar-refractivity contribution in [3.8, 4) is 0 Å². The molecule has 0 saturated carbocycles.